The highest BCUT2D eigenvalue weighted by atomic mass is 19.3. The van der Waals surface area contributed by atoms with Gasteiger partial charge in [0, 0.05) is 31.1 Å². The molecule has 12 heteroatoms. The van der Waals surface area contributed by atoms with E-state index in [1.54, 1.807) is 18.2 Å². The molecule has 1 aromatic heterocycles. The zero-order chi connectivity index (χ0) is 29.3. The molecule has 2 heterocycles. The number of nitrogens with one attached hydrogen (secondary N) is 1. The third-order valence-corrected chi connectivity index (χ3v) is 7.20. The number of hydrogen-bond acceptors (Lipinski definition) is 6. The van der Waals surface area contributed by atoms with Crippen LogP contribution in [0.5, 0.6) is 0 Å². The Morgan fingerprint density at radius 3 is 2.39 bits per heavy atom. The number of hydrogen-bond donors (Lipinski definition) is 2. The third kappa shape index (κ3) is 5.85. The van der Waals surface area contributed by atoms with Crippen LogP contribution in [0.1, 0.15) is 42.9 Å². The average Bonchev–Trinajstić information content (AvgIpc) is 3.31. The Morgan fingerprint density at radius 2 is 1.76 bits per heavy atom. The summed E-state index contributed by atoms with van der Waals surface area (Å²) in [6.45, 7) is 0. The number of benzene rings is 2. The molecule has 0 spiro atoms. The second-order valence-electron chi connectivity index (χ2n) is 10.1. The molecule has 8 nitrogen and oxygen atoms in total. The van der Waals surface area contributed by atoms with E-state index in [4.69, 9.17) is 0 Å². The number of pyridine rings is 1. The SMILES string of the molecule is N#Cc1ccnc(N2C(O)CCC2C(=O)N(c2cc(F)cc(F)c2)[C@H](C(=O)NC2CC(F)(F)C2)c2ccccc2)c1. The van der Waals surface area contributed by atoms with Crippen LogP contribution in [-0.2, 0) is 9.59 Å². The van der Waals surface area contributed by atoms with Crippen molar-refractivity contribution in [1.29, 1.82) is 5.26 Å². The summed E-state index contributed by atoms with van der Waals surface area (Å²) in [5, 5.41) is 22.7. The molecule has 2 aliphatic rings. The van der Waals surface area contributed by atoms with Gasteiger partial charge in [-0.2, -0.15) is 5.26 Å². The largest absolute Gasteiger partial charge is 0.374 e. The molecule has 2 amide bonds. The van der Waals surface area contributed by atoms with Crippen molar-refractivity contribution in [3.05, 3.63) is 89.6 Å². The Labute approximate surface area is 232 Å². The van der Waals surface area contributed by atoms with Crippen LogP contribution in [0.25, 0.3) is 0 Å². The number of carbonyl (C=O) groups excluding carboxylic acids is 2. The van der Waals surface area contributed by atoms with Crippen LogP contribution in [0.3, 0.4) is 0 Å². The summed E-state index contributed by atoms with van der Waals surface area (Å²) in [4.78, 5) is 34.5. The number of aromatic nitrogens is 1. The van der Waals surface area contributed by atoms with E-state index < -0.39 is 66.6 Å². The molecule has 0 bridgehead atoms. The lowest BCUT2D eigenvalue weighted by atomic mass is 9.87. The highest BCUT2D eigenvalue weighted by Gasteiger charge is 2.48. The molecule has 2 fully saturated rings. The molecule has 1 aliphatic heterocycles. The van der Waals surface area contributed by atoms with Crippen molar-refractivity contribution in [2.45, 2.75) is 56.0 Å². The van der Waals surface area contributed by atoms with Crippen molar-refractivity contribution in [3.63, 3.8) is 0 Å². The van der Waals surface area contributed by atoms with Crippen molar-refractivity contribution in [3.8, 4) is 6.07 Å². The highest BCUT2D eigenvalue weighted by Crippen LogP contribution is 2.39. The van der Waals surface area contributed by atoms with Crippen LogP contribution in [-0.4, -0.2) is 46.1 Å². The van der Waals surface area contributed by atoms with E-state index in [1.165, 1.54) is 35.4 Å². The van der Waals surface area contributed by atoms with Gasteiger partial charge >= 0.3 is 0 Å². The van der Waals surface area contributed by atoms with E-state index in [0.29, 0.717) is 6.07 Å². The van der Waals surface area contributed by atoms with Crippen LogP contribution < -0.4 is 15.1 Å². The zero-order valence-corrected chi connectivity index (χ0v) is 21.6. The summed E-state index contributed by atoms with van der Waals surface area (Å²) in [5.41, 5.74) is 0.211. The number of anilines is 2. The molecule has 2 aromatic carbocycles. The number of amides is 2. The van der Waals surface area contributed by atoms with Crippen molar-refractivity contribution < 1.29 is 32.3 Å². The fraction of sp³-hybridized carbons (Fsp3) is 0.310. The topological polar surface area (TPSA) is 110 Å². The van der Waals surface area contributed by atoms with Crippen molar-refractivity contribution in [2.75, 3.05) is 9.80 Å². The van der Waals surface area contributed by atoms with Crippen molar-refractivity contribution in [2.24, 2.45) is 0 Å². The number of aliphatic hydroxyl groups excluding tert-OH is 1. The molecule has 2 N–H and O–H groups in total. The zero-order valence-electron chi connectivity index (χ0n) is 21.6. The minimum Gasteiger partial charge on any atom is -0.374 e. The van der Waals surface area contributed by atoms with Gasteiger partial charge in [-0.3, -0.25) is 14.5 Å². The quantitative estimate of drug-likeness (QED) is 0.414. The Kier molecular flexibility index (Phi) is 7.64. The molecule has 212 valence electrons. The molecule has 5 rings (SSSR count). The van der Waals surface area contributed by atoms with Crippen LogP contribution in [0.15, 0.2) is 66.9 Å². The standard InChI is InChI=1S/C29H25F4N5O3/c30-19-11-20(31)13-22(12-19)37(26(18-4-2-1-3-5-18)27(40)36-21-14-29(32,33)15-21)28(41)23-6-7-25(39)38(23)24-10-17(16-34)8-9-35-24/h1-5,8-13,21,23,25-26,39H,6-7,14-15H2,(H,36,40)/t23?,25?,26-/m0/s1. The number of rotatable bonds is 7. The van der Waals surface area contributed by atoms with Crippen LogP contribution in [0.4, 0.5) is 29.1 Å². The molecule has 3 atom stereocenters. The third-order valence-electron chi connectivity index (χ3n) is 7.20. The Morgan fingerprint density at radius 1 is 1.07 bits per heavy atom. The fourth-order valence-electron chi connectivity index (χ4n) is 5.32. The Hall–Kier alpha value is -4.50. The average molecular weight is 568 g/mol. The van der Waals surface area contributed by atoms with E-state index in [0.717, 1.165) is 17.0 Å². The van der Waals surface area contributed by atoms with Gasteiger partial charge in [0.2, 0.25) is 5.91 Å². The Bertz CT molecular complexity index is 1470. The molecule has 1 saturated carbocycles. The molecular weight excluding hydrogens is 542 g/mol. The predicted molar refractivity (Wildman–Crippen MR) is 140 cm³/mol. The molecule has 1 aliphatic carbocycles. The maximum atomic E-state index is 14.5. The van der Waals surface area contributed by atoms with Crippen LogP contribution >= 0.6 is 0 Å². The number of aliphatic hydroxyl groups is 1. The molecule has 0 radical (unpaired) electrons. The molecule has 3 aromatic rings. The summed E-state index contributed by atoms with van der Waals surface area (Å²) in [6.07, 6.45) is -0.782. The monoisotopic (exact) mass is 567 g/mol. The molecule has 41 heavy (non-hydrogen) atoms. The number of halogens is 4. The van der Waals surface area contributed by atoms with Gasteiger partial charge in [-0.15, -0.1) is 0 Å². The highest BCUT2D eigenvalue weighted by molar-refractivity contribution is 6.05. The van der Waals surface area contributed by atoms with Crippen molar-refractivity contribution in [1.82, 2.24) is 10.3 Å². The second kappa shape index (κ2) is 11.2. The summed E-state index contributed by atoms with van der Waals surface area (Å²) in [6, 6.07) is 11.6. The maximum absolute atomic E-state index is 14.5. The van der Waals surface area contributed by atoms with Gasteiger partial charge in [0.05, 0.1) is 17.3 Å². The molecular formula is C29H25F4N5O3. The summed E-state index contributed by atoms with van der Waals surface area (Å²) >= 11 is 0. The minimum absolute atomic E-state index is 0.0880. The first-order chi connectivity index (χ1) is 19.6. The van der Waals surface area contributed by atoms with Gasteiger partial charge in [0.1, 0.15) is 35.8 Å². The van der Waals surface area contributed by atoms with Gasteiger partial charge in [0.25, 0.3) is 11.8 Å². The maximum Gasteiger partial charge on any atom is 0.252 e. The minimum atomic E-state index is -2.92. The normalized spacial score (nSPS) is 20.5. The second-order valence-corrected chi connectivity index (χ2v) is 10.1. The van der Waals surface area contributed by atoms with Gasteiger partial charge < -0.3 is 15.3 Å². The molecule has 1 saturated heterocycles. The predicted octanol–water partition coefficient (Wildman–Crippen LogP) is 4.21. The van der Waals surface area contributed by atoms with Gasteiger partial charge in [0.15, 0.2) is 0 Å². The Balaban J connectivity index is 1.60. The van der Waals surface area contributed by atoms with E-state index in [-0.39, 0.29) is 35.5 Å². The summed E-state index contributed by atoms with van der Waals surface area (Å²) < 4.78 is 56.1. The van der Waals surface area contributed by atoms with E-state index in [2.05, 4.69) is 10.3 Å². The number of nitriles is 1. The number of nitrogens with zero attached hydrogens (tertiary/aromatic N) is 4. The summed E-state index contributed by atoms with van der Waals surface area (Å²) in [7, 11) is 0. The smallest absolute Gasteiger partial charge is 0.252 e. The van der Waals surface area contributed by atoms with Crippen LogP contribution in [0, 0.1) is 23.0 Å². The van der Waals surface area contributed by atoms with Crippen molar-refractivity contribution >= 4 is 23.3 Å². The van der Waals surface area contributed by atoms with E-state index >= 15 is 0 Å². The first-order valence-corrected chi connectivity index (χ1v) is 12.9. The van der Waals surface area contributed by atoms with E-state index in [1.807, 2.05) is 6.07 Å². The van der Waals surface area contributed by atoms with E-state index in [9.17, 15) is 37.5 Å². The van der Waals surface area contributed by atoms with Gasteiger partial charge in [-0.25, -0.2) is 22.5 Å². The van der Waals surface area contributed by atoms with Gasteiger partial charge in [-0.1, -0.05) is 30.3 Å². The van der Waals surface area contributed by atoms with Crippen LogP contribution in [0.2, 0.25) is 0 Å². The lowest BCUT2D eigenvalue weighted by Gasteiger charge is -2.39. The first-order valence-electron chi connectivity index (χ1n) is 12.9. The first kappa shape index (κ1) is 28.0. The molecule has 2 unspecified atom stereocenters. The number of alkyl halides is 2. The lowest BCUT2D eigenvalue weighted by Crippen LogP contribution is -2.56. The summed E-state index contributed by atoms with van der Waals surface area (Å²) in [5.74, 6) is -6.42. The lowest BCUT2D eigenvalue weighted by molar-refractivity contribution is -0.133. The van der Waals surface area contributed by atoms with Gasteiger partial charge in [-0.05, 0) is 42.7 Å². The fourth-order valence-corrected chi connectivity index (χ4v) is 5.32. The number of carbonyl (C=O) groups is 2.